The molecule has 1 N–H and O–H groups in total. The maximum Gasteiger partial charge on any atom is 0.0954 e. The van der Waals surface area contributed by atoms with Crippen molar-refractivity contribution in [3.8, 4) is 0 Å². The molecule has 1 aromatic heterocycles. The molecule has 19 heavy (non-hydrogen) atoms. The highest BCUT2D eigenvalue weighted by atomic mass is 32.1. The lowest BCUT2D eigenvalue weighted by Gasteiger charge is -2.36. The summed E-state index contributed by atoms with van der Waals surface area (Å²) < 4.78 is 11.7. The van der Waals surface area contributed by atoms with E-state index in [9.17, 15) is 0 Å². The number of nitrogens with zero attached hydrogens (tertiary/aromatic N) is 1. The van der Waals surface area contributed by atoms with Crippen LogP contribution in [0.15, 0.2) is 5.38 Å². The van der Waals surface area contributed by atoms with Crippen molar-refractivity contribution >= 4 is 11.3 Å². The molecule has 1 unspecified atom stereocenters. The maximum atomic E-state index is 5.95. The molecule has 1 fully saturated rings. The molecule has 108 valence electrons. The van der Waals surface area contributed by atoms with E-state index >= 15 is 0 Å². The van der Waals surface area contributed by atoms with Gasteiger partial charge in [-0.05, 0) is 13.8 Å². The van der Waals surface area contributed by atoms with E-state index in [2.05, 4.69) is 43.4 Å². The summed E-state index contributed by atoms with van der Waals surface area (Å²) in [5.74, 6) is 0.491. The second-order valence-corrected chi connectivity index (χ2v) is 6.87. The van der Waals surface area contributed by atoms with Gasteiger partial charge < -0.3 is 14.8 Å². The number of aromatic nitrogens is 1. The SMILES string of the molecule is CC(C)c1nc(COCC2CNCC(C)(C)O2)cs1. The van der Waals surface area contributed by atoms with Crippen LogP contribution in [-0.4, -0.2) is 36.4 Å². The van der Waals surface area contributed by atoms with Crippen molar-refractivity contribution in [2.75, 3.05) is 19.7 Å². The number of thiazole rings is 1. The van der Waals surface area contributed by atoms with Crippen molar-refractivity contribution in [2.24, 2.45) is 0 Å². The summed E-state index contributed by atoms with van der Waals surface area (Å²) in [6.45, 7) is 11.5. The lowest BCUT2D eigenvalue weighted by atomic mass is 10.1. The summed E-state index contributed by atoms with van der Waals surface area (Å²) in [6.07, 6.45) is 0.131. The highest BCUT2D eigenvalue weighted by molar-refractivity contribution is 7.09. The highest BCUT2D eigenvalue weighted by Crippen LogP contribution is 2.20. The van der Waals surface area contributed by atoms with Gasteiger partial charge in [-0.2, -0.15) is 0 Å². The first kappa shape index (κ1) is 14.9. The minimum absolute atomic E-state index is 0.0995. The number of hydrogen-bond donors (Lipinski definition) is 1. The standard InChI is InChI=1S/C14H24N2O2S/c1-10(2)13-16-11(8-19-13)6-17-7-12-5-15-9-14(3,4)18-12/h8,10,12,15H,5-7,9H2,1-4H3. The third-order valence-corrected chi connectivity index (χ3v) is 4.22. The zero-order chi connectivity index (χ0) is 13.9. The first-order valence-electron chi connectivity index (χ1n) is 6.87. The summed E-state index contributed by atoms with van der Waals surface area (Å²) in [7, 11) is 0. The summed E-state index contributed by atoms with van der Waals surface area (Å²) >= 11 is 1.71. The van der Waals surface area contributed by atoms with Crippen molar-refractivity contribution in [3.63, 3.8) is 0 Å². The van der Waals surface area contributed by atoms with Gasteiger partial charge in [0, 0.05) is 24.4 Å². The molecule has 2 heterocycles. The fourth-order valence-corrected chi connectivity index (χ4v) is 2.93. The van der Waals surface area contributed by atoms with Gasteiger partial charge in [-0.25, -0.2) is 4.98 Å². The predicted octanol–water partition coefficient (Wildman–Crippen LogP) is 2.55. The molecule has 0 amide bonds. The number of rotatable bonds is 5. The Hall–Kier alpha value is -0.490. The molecule has 5 heteroatoms. The Kier molecular flexibility index (Phi) is 4.95. The first-order valence-corrected chi connectivity index (χ1v) is 7.75. The van der Waals surface area contributed by atoms with E-state index in [4.69, 9.17) is 9.47 Å². The molecule has 0 aromatic carbocycles. The quantitative estimate of drug-likeness (QED) is 0.902. The Bertz CT molecular complexity index is 404. The van der Waals surface area contributed by atoms with Crippen LogP contribution in [0, 0.1) is 0 Å². The fraction of sp³-hybridized carbons (Fsp3) is 0.786. The minimum atomic E-state index is -0.0995. The van der Waals surface area contributed by atoms with E-state index in [1.54, 1.807) is 11.3 Å². The van der Waals surface area contributed by atoms with E-state index in [1.807, 2.05) is 0 Å². The van der Waals surface area contributed by atoms with Gasteiger partial charge >= 0.3 is 0 Å². The van der Waals surface area contributed by atoms with Crippen LogP contribution in [0.4, 0.5) is 0 Å². The summed E-state index contributed by atoms with van der Waals surface area (Å²) in [5.41, 5.74) is 0.925. The minimum Gasteiger partial charge on any atom is -0.372 e. The molecule has 0 bridgehead atoms. The fourth-order valence-electron chi connectivity index (χ4n) is 2.11. The molecule has 0 spiro atoms. The second kappa shape index (κ2) is 6.31. The molecule has 4 nitrogen and oxygen atoms in total. The van der Waals surface area contributed by atoms with Crippen molar-refractivity contribution in [3.05, 3.63) is 16.1 Å². The third kappa shape index (κ3) is 4.53. The maximum absolute atomic E-state index is 5.95. The Morgan fingerprint density at radius 2 is 2.37 bits per heavy atom. The zero-order valence-electron chi connectivity index (χ0n) is 12.2. The van der Waals surface area contributed by atoms with E-state index in [0.29, 0.717) is 19.1 Å². The van der Waals surface area contributed by atoms with Crippen LogP contribution in [0.3, 0.4) is 0 Å². The van der Waals surface area contributed by atoms with Crippen molar-refractivity contribution in [1.29, 1.82) is 0 Å². The van der Waals surface area contributed by atoms with E-state index < -0.39 is 0 Å². The van der Waals surface area contributed by atoms with Gasteiger partial charge in [0.2, 0.25) is 0 Å². The molecule has 0 aliphatic carbocycles. The van der Waals surface area contributed by atoms with Gasteiger partial charge in [0.15, 0.2) is 0 Å². The van der Waals surface area contributed by atoms with Gasteiger partial charge in [0.25, 0.3) is 0 Å². The molecule has 2 rings (SSSR count). The van der Waals surface area contributed by atoms with Crippen molar-refractivity contribution in [2.45, 2.75) is 51.9 Å². The normalized spacial score (nSPS) is 22.9. The van der Waals surface area contributed by atoms with Crippen LogP contribution >= 0.6 is 11.3 Å². The number of nitrogens with one attached hydrogen (secondary N) is 1. The van der Waals surface area contributed by atoms with Crippen molar-refractivity contribution < 1.29 is 9.47 Å². The van der Waals surface area contributed by atoms with Crippen LogP contribution in [0.5, 0.6) is 0 Å². The van der Waals surface area contributed by atoms with E-state index in [1.165, 1.54) is 5.01 Å². The molecule has 1 aliphatic heterocycles. The van der Waals surface area contributed by atoms with E-state index in [-0.39, 0.29) is 11.7 Å². The Labute approximate surface area is 119 Å². The Balaban J connectivity index is 1.74. The summed E-state index contributed by atoms with van der Waals surface area (Å²) in [4.78, 5) is 4.56. The molecule has 1 aromatic rings. The lowest BCUT2D eigenvalue weighted by Crippen LogP contribution is -2.51. The molecule has 0 saturated carbocycles. The zero-order valence-corrected chi connectivity index (χ0v) is 13.0. The van der Waals surface area contributed by atoms with Gasteiger partial charge in [0.05, 0.1) is 35.6 Å². The van der Waals surface area contributed by atoms with Crippen LogP contribution < -0.4 is 5.32 Å². The largest absolute Gasteiger partial charge is 0.372 e. The topological polar surface area (TPSA) is 43.4 Å². The summed E-state index contributed by atoms with van der Waals surface area (Å²) in [6, 6.07) is 0. The molecular formula is C14H24N2O2S. The average Bonchev–Trinajstić information content (AvgIpc) is 2.76. The smallest absolute Gasteiger partial charge is 0.0954 e. The molecule has 1 atom stereocenters. The van der Waals surface area contributed by atoms with Gasteiger partial charge in [-0.1, -0.05) is 13.8 Å². The first-order chi connectivity index (χ1) is 8.96. The lowest BCUT2D eigenvalue weighted by molar-refractivity contribution is -0.122. The van der Waals surface area contributed by atoms with Crippen LogP contribution in [0.2, 0.25) is 0 Å². The van der Waals surface area contributed by atoms with Crippen LogP contribution in [0.1, 0.15) is 44.3 Å². The highest BCUT2D eigenvalue weighted by Gasteiger charge is 2.28. The molecule has 0 radical (unpaired) electrons. The van der Waals surface area contributed by atoms with Crippen LogP contribution in [0.25, 0.3) is 0 Å². The Morgan fingerprint density at radius 3 is 3.00 bits per heavy atom. The monoisotopic (exact) mass is 284 g/mol. The molecule has 1 saturated heterocycles. The second-order valence-electron chi connectivity index (χ2n) is 5.98. The molecular weight excluding hydrogens is 260 g/mol. The number of ether oxygens (including phenoxy) is 2. The van der Waals surface area contributed by atoms with Crippen LogP contribution in [-0.2, 0) is 16.1 Å². The number of hydrogen-bond acceptors (Lipinski definition) is 5. The van der Waals surface area contributed by atoms with Crippen molar-refractivity contribution in [1.82, 2.24) is 10.3 Å². The average molecular weight is 284 g/mol. The van der Waals surface area contributed by atoms with Gasteiger partial charge in [-0.15, -0.1) is 11.3 Å². The van der Waals surface area contributed by atoms with E-state index in [0.717, 1.165) is 18.8 Å². The Morgan fingerprint density at radius 1 is 1.58 bits per heavy atom. The molecule has 1 aliphatic rings. The predicted molar refractivity (Wildman–Crippen MR) is 77.7 cm³/mol. The number of morpholine rings is 1. The van der Waals surface area contributed by atoms with Gasteiger partial charge in [0.1, 0.15) is 0 Å². The van der Waals surface area contributed by atoms with Gasteiger partial charge in [-0.3, -0.25) is 0 Å². The summed E-state index contributed by atoms with van der Waals surface area (Å²) in [5, 5.41) is 6.63. The third-order valence-electron chi connectivity index (χ3n) is 3.03.